The van der Waals surface area contributed by atoms with Crippen molar-refractivity contribution >= 4 is 17.4 Å². The van der Waals surface area contributed by atoms with Crippen molar-refractivity contribution in [3.63, 3.8) is 0 Å². The van der Waals surface area contributed by atoms with Crippen LogP contribution >= 0.6 is 11.3 Å². The van der Waals surface area contributed by atoms with Gasteiger partial charge < -0.3 is 10.2 Å². The number of nitrogens with zero attached hydrogens (tertiary/aromatic N) is 2. The fourth-order valence-corrected chi connectivity index (χ4v) is 1.93. The highest BCUT2D eigenvalue weighted by atomic mass is 32.1. The van der Waals surface area contributed by atoms with Crippen LogP contribution in [-0.4, -0.2) is 30.0 Å². The van der Waals surface area contributed by atoms with E-state index < -0.39 is 0 Å². The molecule has 0 saturated heterocycles. The van der Waals surface area contributed by atoms with Gasteiger partial charge in [-0.3, -0.25) is 0 Å². The average Bonchev–Trinajstić information content (AvgIpc) is 2.40. The van der Waals surface area contributed by atoms with Crippen LogP contribution in [0, 0.1) is 13.8 Å². The van der Waals surface area contributed by atoms with E-state index in [1.807, 2.05) is 13.8 Å². The van der Waals surface area contributed by atoms with Gasteiger partial charge in [-0.1, -0.05) is 0 Å². The Balaban J connectivity index is 2.54. The molecular weight excluding hydrogens is 198 g/mol. The minimum atomic E-state index is -0.0737. The van der Waals surface area contributed by atoms with Gasteiger partial charge in [0.15, 0.2) is 0 Å². The maximum absolute atomic E-state index is 11.2. The monoisotopic (exact) mass is 213 g/mol. The Hall–Kier alpha value is -1.10. The van der Waals surface area contributed by atoms with E-state index in [0.29, 0.717) is 6.54 Å². The average molecular weight is 213 g/mol. The van der Waals surface area contributed by atoms with Gasteiger partial charge in [-0.15, -0.1) is 11.3 Å². The van der Waals surface area contributed by atoms with Gasteiger partial charge in [0.2, 0.25) is 0 Å². The van der Waals surface area contributed by atoms with Crippen LogP contribution in [0.15, 0.2) is 0 Å². The summed E-state index contributed by atoms with van der Waals surface area (Å²) in [5, 5.41) is 3.85. The van der Waals surface area contributed by atoms with E-state index >= 15 is 0 Å². The zero-order valence-corrected chi connectivity index (χ0v) is 9.73. The van der Waals surface area contributed by atoms with Crippen LogP contribution in [0.2, 0.25) is 0 Å². The third kappa shape index (κ3) is 2.70. The molecule has 78 valence electrons. The van der Waals surface area contributed by atoms with Gasteiger partial charge in [-0.2, -0.15) is 0 Å². The van der Waals surface area contributed by atoms with Crippen LogP contribution < -0.4 is 5.32 Å². The van der Waals surface area contributed by atoms with Crippen LogP contribution in [0.3, 0.4) is 0 Å². The van der Waals surface area contributed by atoms with Crippen molar-refractivity contribution in [2.75, 3.05) is 14.1 Å². The van der Waals surface area contributed by atoms with Gasteiger partial charge in [-0.25, -0.2) is 9.78 Å². The molecule has 4 nitrogen and oxygen atoms in total. The molecule has 0 aromatic carbocycles. The molecule has 0 fully saturated rings. The van der Waals surface area contributed by atoms with E-state index in [9.17, 15) is 4.79 Å². The smallest absolute Gasteiger partial charge is 0.317 e. The summed E-state index contributed by atoms with van der Waals surface area (Å²) in [6, 6.07) is -0.0737. The van der Waals surface area contributed by atoms with Crippen LogP contribution in [0.4, 0.5) is 4.79 Å². The molecular formula is C9H15N3OS. The highest BCUT2D eigenvalue weighted by Crippen LogP contribution is 2.16. The summed E-state index contributed by atoms with van der Waals surface area (Å²) >= 11 is 1.62. The molecule has 1 aromatic rings. The quantitative estimate of drug-likeness (QED) is 0.809. The topological polar surface area (TPSA) is 45.2 Å². The highest BCUT2D eigenvalue weighted by Gasteiger charge is 2.07. The van der Waals surface area contributed by atoms with Crippen LogP contribution in [-0.2, 0) is 6.54 Å². The number of amides is 2. The molecule has 0 aliphatic carbocycles. The lowest BCUT2D eigenvalue weighted by atomic mass is 10.4. The Morgan fingerprint density at radius 1 is 1.50 bits per heavy atom. The van der Waals surface area contributed by atoms with E-state index in [1.165, 1.54) is 4.90 Å². The predicted octanol–water partition coefficient (Wildman–Crippen LogP) is 1.53. The van der Waals surface area contributed by atoms with Crippen molar-refractivity contribution in [1.82, 2.24) is 15.2 Å². The summed E-state index contributed by atoms with van der Waals surface area (Å²) in [5.41, 5.74) is 1.01. The summed E-state index contributed by atoms with van der Waals surface area (Å²) in [7, 11) is 3.44. The van der Waals surface area contributed by atoms with Gasteiger partial charge >= 0.3 is 6.03 Å². The van der Waals surface area contributed by atoms with Gasteiger partial charge in [0.25, 0.3) is 0 Å². The Labute approximate surface area is 88.0 Å². The van der Waals surface area contributed by atoms with Crippen molar-refractivity contribution in [3.05, 3.63) is 15.6 Å². The number of carbonyl (C=O) groups excluding carboxylic acids is 1. The van der Waals surface area contributed by atoms with E-state index in [1.54, 1.807) is 25.4 Å². The SMILES string of the molecule is Cc1nc(C)c(CNC(=O)N(C)C)s1. The number of rotatable bonds is 2. The third-order valence-corrected chi connectivity index (χ3v) is 2.88. The summed E-state index contributed by atoms with van der Waals surface area (Å²) in [6.07, 6.45) is 0. The molecule has 1 rings (SSSR count). The zero-order valence-electron chi connectivity index (χ0n) is 8.92. The van der Waals surface area contributed by atoms with Gasteiger partial charge in [0.05, 0.1) is 17.2 Å². The van der Waals surface area contributed by atoms with Crippen molar-refractivity contribution < 1.29 is 4.79 Å². The molecule has 0 spiro atoms. The minimum absolute atomic E-state index is 0.0737. The number of urea groups is 1. The Bertz CT molecular complexity index is 333. The maximum atomic E-state index is 11.2. The first-order chi connectivity index (χ1) is 6.50. The second kappa shape index (κ2) is 4.41. The molecule has 14 heavy (non-hydrogen) atoms. The number of aromatic nitrogens is 1. The third-order valence-electron chi connectivity index (χ3n) is 1.81. The number of thiazole rings is 1. The second-order valence-electron chi connectivity index (χ2n) is 3.29. The standard InChI is InChI=1S/C9H15N3OS/c1-6-8(14-7(2)11-6)5-10-9(13)12(3)4/h5H2,1-4H3,(H,10,13). The molecule has 0 unspecified atom stereocenters. The predicted molar refractivity (Wildman–Crippen MR) is 57.5 cm³/mol. The van der Waals surface area contributed by atoms with Gasteiger partial charge in [0, 0.05) is 19.0 Å². The molecule has 0 bridgehead atoms. The second-order valence-corrected chi connectivity index (χ2v) is 4.58. The lowest BCUT2D eigenvalue weighted by Crippen LogP contribution is -2.33. The number of carbonyl (C=O) groups is 1. The fraction of sp³-hybridized carbons (Fsp3) is 0.556. The Kier molecular flexibility index (Phi) is 3.46. The zero-order chi connectivity index (χ0) is 10.7. The lowest BCUT2D eigenvalue weighted by Gasteiger charge is -2.10. The van der Waals surface area contributed by atoms with Crippen molar-refractivity contribution in [1.29, 1.82) is 0 Å². The summed E-state index contributed by atoms with van der Waals surface area (Å²) < 4.78 is 0. The van der Waals surface area contributed by atoms with Crippen LogP contribution in [0.1, 0.15) is 15.6 Å². The number of nitrogens with one attached hydrogen (secondary N) is 1. The van der Waals surface area contributed by atoms with E-state index in [-0.39, 0.29) is 6.03 Å². The summed E-state index contributed by atoms with van der Waals surface area (Å²) in [5.74, 6) is 0. The fourth-order valence-electron chi connectivity index (χ4n) is 1.05. The first-order valence-corrected chi connectivity index (χ1v) is 5.20. The van der Waals surface area contributed by atoms with Gasteiger partial charge in [0.1, 0.15) is 0 Å². The number of hydrogen-bond acceptors (Lipinski definition) is 3. The number of aryl methyl sites for hydroxylation is 2. The largest absolute Gasteiger partial charge is 0.333 e. The molecule has 1 N–H and O–H groups in total. The molecule has 1 aromatic heterocycles. The molecule has 5 heteroatoms. The molecule has 0 aliphatic rings. The summed E-state index contributed by atoms with van der Waals surface area (Å²) in [4.78, 5) is 18.2. The molecule has 0 atom stereocenters. The Morgan fingerprint density at radius 2 is 2.14 bits per heavy atom. The van der Waals surface area contributed by atoms with Crippen molar-refractivity contribution in [2.45, 2.75) is 20.4 Å². The maximum Gasteiger partial charge on any atom is 0.317 e. The number of hydrogen-bond donors (Lipinski definition) is 1. The van der Waals surface area contributed by atoms with E-state index in [0.717, 1.165) is 15.6 Å². The van der Waals surface area contributed by atoms with Crippen molar-refractivity contribution in [2.24, 2.45) is 0 Å². The molecule has 0 saturated carbocycles. The summed E-state index contributed by atoms with van der Waals surface area (Å²) in [6.45, 7) is 4.49. The Morgan fingerprint density at radius 3 is 2.57 bits per heavy atom. The first-order valence-electron chi connectivity index (χ1n) is 4.38. The minimum Gasteiger partial charge on any atom is -0.333 e. The van der Waals surface area contributed by atoms with Gasteiger partial charge in [-0.05, 0) is 13.8 Å². The van der Waals surface area contributed by atoms with Crippen LogP contribution in [0.5, 0.6) is 0 Å². The van der Waals surface area contributed by atoms with E-state index in [2.05, 4.69) is 10.3 Å². The molecule has 0 aliphatic heterocycles. The molecule has 0 radical (unpaired) electrons. The van der Waals surface area contributed by atoms with Crippen LogP contribution in [0.25, 0.3) is 0 Å². The lowest BCUT2D eigenvalue weighted by molar-refractivity contribution is 0.217. The van der Waals surface area contributed by atoms with E-state index in [4.69, 9.17) is 0 Å². The molecule has 2 amide bonds. The highest BCUT2D eigenvalue weighted by molar-refractivity contribution is 7.11. The first kappa shape index (κ1) is 11.0. The molecule has 1 heterocycles. The normalized spacial score (nSPS) is 10.0. The van der Waals surface area contributed by atoms with Crippen molar-refractivity contribution in [3.8, 4) is 0 Å².